The fourth-order valence-electron chi connectivity index (χ4n) is 2.50. The van der Waals surface area contributed by atoms with E-state index in [0.29, 0.717) is 16.3 Å². The average Bonchev–Trinajstić information content (AvgIpc) is 3.40. The molecule has 0 aliphatic rings. The summed E-state index contributed by atoms with van der Waals surface area (Å²) >= 11 is 1.31. The molecule has 1 aromatic carbocycles. The number of amides is 2. The zero-order chi connectivity index (χ0) is 20.8. The highest BCUT2D eigenvalue weighted by atomic mass is 32.1. The van der Waals surface area contributed by atoms with Crippen molar-refractivity contribution in [2.24, 2.45) is 0 Å². The monoisotopic (exact) mass is 412 g/mol. The zero-order valence-corrected chi connectivity index (χ0v) is 16.7. The summed E-state index contributed by atoms with van der Waals surface area (Å²) in [5.41, 5.74) is 1.40. The number of carbonyl (C=O) groups excluding carboxylic acids is 3. The highest BCUT2D eigenvalue weighted by Crippen LogP contribution is 2.15. The van der Waals surface area contributed by atoms with Gasteiger partial charge < -0.3 is 15.4 Å². The molecule has 0 bridgehead atoms. The number of nitrogens with zero attached hydrogens (tertiary/aromatic N) is 2. The van der Waals surface area contributed by atoms with Crippen LogP contribution in [0.3, 0.4) is 0 Å². The molecule has 0 aliphatic carbocycles. The van der Waals surface area contributed by atoms with E-state index >= 15 is 0 Å². The first-order chi connectivity index (χ1) is 14.0. The Morgan fingerprint density at radius 1 is 1.21 bits per heavy atom. The summed E-state index contributed by atoms with van der Waals surface area (Å²) < 4.78 is 6.45. The van der Waals surface area contributed by atoms with E-state index < -0.39 is 12.0 Å². The number of benzene rings is 1. The third-order valence-electron chi connectivity index (χ3n) is 3.94. The first kappa shape index (κ1) is 20.3. The molecule has 3 aromatic rings. The molecule has 9 heteroatoms. The summed E-state index contributed by atoms with van der Waals surface area (Å²) in [5.74, 6) is -1.13. The van der Waals surface area contributed by atoms with Gasteiger partial charge in [-0.25, -0.2) is 9.48 Å². The first-order valence-electron chi connectivity index (χ1n) is 8.96. The Labute approximate surface area is 171 Å². The van der Waals surface area contributed by atoms with Gasteiger partial charge in [-0.2, -0.15) is 5.10 Å². The molecule has 8 nitrogen and oxygen atoms in total. The predicted molar refractivity (Wildman–Crippen MR) is 109 cm³/mol. The number of esters is 1. The minimum atomic E-state index is -0.714. The molecule has 2 heterocycles. The molecule has 0 fully saturated rings. The topological polar surface area (TPSA) is 102 Å². The zero-order valence-electron chi connectivity index (χ0n) is 15.9. The van der Waals surface area contributed by atoms with Crippen molar-refractivity contribution >= 4 is 34.8 Å². The minimum absolute atomic E-state index is 0.200. The van der Waals surface area contributed by atoms with Gasteiger partial charge >= 0.3 is 5.97 Å². The van der Waals surface area contributed by atoms with E-state index in [-0.39, 0.29) is 24.1 Å². The van der Waals surface area contributed by atoms with Crippen LogP contribution in [-0.2, 0) is 9.53 Å². The Morgan fingerprint density at radius 2 is 2.03 bits per heavy atom. The Morgan fingerprint density at radius 3 is 2.76 bits per heavy atom. The molecule has 2 amide bonds. The Kier molecular flexibility index (Phi) is 6.40. The van der Waals surface area contributed by atoms with E-state index in [1.807, 2.05) is 0 Å². The van der Waals surface area contributed by atoms with Crippen LogP contribution in [0, 0.1) is 0 Å². The van der Waals surface area contributed by atoms with Crippen molar-refractivity contribution in [3.8, 4) is 5.69 Å². The Hall–Kier alpha value is -3.46. The summed E-state index contributed by atoms with van der Waals surface area (Å²) in [6.45, 7) is 3.61. The molecule has 2 N–H and O–H groups in total. The maximum absolute atomic E-state index is 12.4. The van der Waals surface area contributed by atoms with Crippen molar-refractivity contribution in [2.75, 3.05) is 11.9 Å². The second-order valence-corrected chi connectivity index (χ2v) is 7.03. The van der Waals surface area contributed by atoms with Crippen molar-refractivity contribution in [2.45, 2.75) is 19.9 Å². The number of anilines is 1. The lowest BCUT2D eigenvalue weighted by atomic mass is 10.2. The molecule has 1 unspecified atom stereocenters. The Balaban J connectivity index is 1.65. The molecule has 150 valence electrons. The largest absolute Gasteiger partial charge is 0.461 e. The number of aromatic nitrogens is 2. The van der Waals surface area contributed by atoms with Gasteiger partial charge in [0.1, 0.15) is 6.04 Å². The van der Waals surface area contributed by atoms with Gasteiger partial charge in [-0.1, -0.05) is 12.1 Å². The molecule has 0 saturated heterocycles. The molecular weight excluding hydrogens is 392 g/mol. The smallest absolute Gasteiger partial charge is 0.358 e. The second kappa shape index (κ2) is 9.16. The number of nitrogens with one attached hydrogen (secondary N) is 2. The van der Waals surface area contributed by atoms with Gasteiger partial charge in [0.2, 0.25) is 5.91 Å². The average molecular weight is 412 g/mol. The summed E-state index contributed by atoms with van der Waals surface area (Å²) in [4.78, 5) is 36.8. The van der Waals surface area contributed by atoms with Crippen LogP contribution in [0.25, 0.3) is 5.69 Å². The van der Waals surface area contributed by atoms with Crippen molar-refractivity contribution in [3.63, 3.8) is 0 Å². The fourth-order valence-corrected chi connectivity index (χ4v) is 3.13. The quantitative estimate of drug-likeness (QED) is 0.581. The van der Waals surface area contributed by atoms with Crippen molar-refractivity contribution in [3.05, 3.63) is 64.6 Å². The maximum atomic E-state index is 12.4. The number of hydrogen-bond acceptors (Lipinski definition) is 6. The third kappa shape index (κ3) is 5.08. The van der Waals surface area contributed by atoms with Crippen LogP contribution in [-0.4, -0.2) is 40.2 Å². The lowest BCUT2D eigenvalue weighted by molar-refractivity contribution is -0.117. The van der Waals surface area contributed by atoms with Gasteiger partial charge in [0.25, 0.3) is 5.91 Å². The maximum Gasteiger partial charge on any atom is 0.358 e. The summed E-state index contributed by atoms with van der Waals surface area (Å²) in [6, 6.07) is 11.3. The van der Waals surface area contributed by atoms with Crippen molar-refractivity contribution in [1.82, 2.24) is 15.1 Å². The van der Waals surface area contributed by atoms with Crippen LogP contribution in [0.5, 0.6) is 0 Å². The normalized spacial score (nSPS) is 11.5. The van der Waals surface area contributed by atoms with Crippen LogP contribution in [0.2, 0.25) is 0 Å². The summed E-state index contributed by atoms with van der Waals surface area (Å²) in [5, 5.41) is 11.4. The molecular formula is C20H20N4O4S. The standard InChI is InChI=1S/C20H20N4O4S/c1-3-28-20(27)16-9-10-24(23-16)15-7-4-6-14(12-15)22-18(25)13(2)21-19(26)17-8-5-11-29-17/h4-13H,3H2,1-2H3,(H,21,26)(H,22,25). The second-order valence-electron chi connectivity index (χ2n) is 6.08. The van der Waals surface area contributed by atoms with Crippen LogP contribution in [0.15, 0.2) is 54.0 Å². The number of carbonyl (C=O) groups is 3. The SMILES string of the molecule is CCOC(=O)c1ccn(-c2cccc(NC(=O)C(C)NC(=O)c3cccs3)c2)n1. The molecule has 3 rings (SSSR count). The van der Waals surface area contributed by atoms with Gasteiger partial charge in [0.05, 0.1) is 17.2 Å². The summed E-state index contributed by atoms with van der Waals surface area (Å²) in [6.07, 6.45) is 1.64. The third-order valence-corrected chi connectivity index (χ3v) is 4.81. The highest BCUT2D eigenvalue weighted by molar-refractivity contribution is 7.12. The van der Waals surface area contributed by atoms with Crippen molar-refractivity contribution < 1.29 is 19.1 Å². The lowest BCUT2D eigenvalue weighted by Crippen LogP contribution is -2.41. The van der Waals surface area contributed by atoms with Crippen LogP contribution < -0.4 is 10.6 Å². The van der Waals surface area contributed by atoms with Gasteiger partial charge in [-0.15, -0.1) is 11.3 Å². The van der Waals surface area contributed by atoms with Crippen LogP contribution in [0.4, 0.5) is 5.69 Å². The number of rotatable bonds is 7. The first-order valence-corrected chi connectivity index (χ1v) is 9.84. The van der Waals surface area contributed by atoms with E-state index in [1.54, 1.807) is 67.9 Å². The highest BCUT2D eigenvalue weighted by Gasteiger charge is 2.17. The van der Waals surface area contributed by atoms with Crippen LogP contribution >= 0.6 is 11.3 Å². The van der Waals surface area contributed by atoms with E-state index in [2.05, 4.69) is 15.7 Å². The van der Waals surface area contributed by atoms with E-state index in [1.165, 1.54) is 16.0 Å². The van der Waals surface area contributed by atoms with Gasteiger partial charge in [0.15, 0.2) is 5.69 Å². The molecule has 1 atom stereocenters. The molecule has 29 heavy (non-hydrogen) atoms. The number of hydrogen-bond donors (Lipinski definition) is 2. The summed E-state index contributed by atoms with van der Waals surface area (Å²) in [7, 11) is 0. The van der Waals surface area contributed by atoms with Crippen molar-refractivity contribution in [1.29, 1.82) is 0 Å². The molecule has 0 aliphatic heterocycles. The van der Waals surface area contributed by atoms with Gasteiger partial charge in [0, 0.05) is 11.9 Å². The van der Waals surface area contributed by atoms with E-state index in [9.17, 15) is 14.4 Å². The lowest BCUT2D eigenvalue weighted by Gasteiger charge is -2.14. The van der Waals surface area contributed by atoms with Gasteiger partial charge in [-0.05, 0) is 49.6 Å². The fraction of sp³-hybridized carbons (Fsp3) is 0.200. The number of ether oxygens (including phenoxy) is 1. The molecule has 0 spiro atoms. The van der Waals surface area contributed by atoms with E-state index in [0.717, 1.165) is 0 Å². The minimum Gasteiger partial charge on any atom is -0.461 e. The van der Waals surface area contributed by atoms with Gasteiger partial charge in [-0.3, -0.25) is 9.59 Å². The molecule has 2 aromatic heterocycles. The molecule has 0 saturated carbocycles. The number of thiophene rings is 1. The van der Waals surface area contributed by atoms with E-state index in [4.69, 9.17) is 4.74 Å². The predicted octanol–water partition coefficient (Wildman–Crippen LogP) is 2.87. The van der Waals surface area contributed by atoms with Crippen LogP contribution in [0.1, 0.15) is 34.0 Å². The Bertz CT molecular complexity index is 1010. The molecule has 0 radical (unpaired) electrons.